The minimum Gasteiger partial charge on any atom is -0.103 e. The third kappa shape index (κ3) is 13.6. The van der Waals surface area contributed by atoms with E-state index in [4.69, 9.17) is 0 Å². The topological polar surface area (TPSA) is 0 Å². The van der Waals surface area contributed by atoms with Crippen molar-refractivity contribution < 1.29 is 0 Å². The van der Waals surface area contributed by atoms with Gasteiger partial charge in [0, 0.05) is 0 Å². The third-order valence-electron chi connectivity index (χ3n) is 4.09. The highest BCUT2D eigenvalue weighted by atomic mass is 14.2. The van der Waals surface area contributed by atoms with E-state index in [9.17, 15) is 0 Å². The molecule has 0 unspecified atom stereocenters. The zero-order valence-electron chi connectivity index (χ0n) is 14.2. The first kappa shape index (κ1) is 19.2. The Balaban J connectivity index is 3.28. The molecule has 0 fully saturated rings. The van der Waals surface area contributed by atoms with E-state index in [0.29, 0.717) is 5.41 Å². The Bertz CT molecular complexity index is 268. The highest BCUT2D eigenvalue weighted by molar-refractivity contribution is 4.95. The molecule has 116 valence electrons. The standard InChI is InChI=1S/C20H36/c1-5-7-8-9-10-11-12-13-14-15-16-17-18-19-20(3,4)6-2/h5,8-9,11-12H,1,6-7,10,13-19H2,2-4H3. The van der Waals surface area contributed by atoms with E-state index in [2.05, 4.69) is 51.7 Å². The van der Waals surface area contributed by atoms with Crippen LogP contribution in [0.1, 0.15) is 85.0 Å². The maximum atomic E-state index is 3.70. The molecule has 0 aromatic carbocycles. The maximum Gasteiger partial charge on any atom is -0.0169 e. The van der Waals surface area contributed by atoms with Crippen LogP contribution >= 0.6 is 0 Å². The molecule has 0 amide bonds. The molecule has 0 atom stereocenters. The minimum atomic E-state index is 0.557. The summed E-state index contributed by atoms with van der Waals surface area (Å²) in [7, 11) is 0. The number of unbranched alkanes of at least 4 members (excludes halogenated alkanes) is 5. The molecule has 0 bridgehead atoms. The van der Waals surface area contributed by atoms with Gasteiger partial charge in [0.05, 0.1) is 0 Å². The van der Waals surface area contributed by atoms with Crippen LogP contribution in [0, 0.1) is 5.41 Å². The van der Waals surface area contributed by atoms with Crippen LogP contribution < -0.4 is 0 Å². The predicted octanol–water partition coefficient (Wildman–Crippen LogP) is 7.23. The number of allylic oxidation sites excluding steroid dienone is 5. The SMILES string of the molecule is C=CCC=CCC=CCCCCCCCC(C)(C)CC. The fourth-order valence-corrected chi connectivity index (χ4v) is 2.15. The molecule has 0 aliphatic heterocycles. The van der Waals surface area contributed by atoms with Crippen LogP contribution in [-0.2, 0) is 0 Å². The van der Waals surface area contributed by atoms with Crippen molar-refractivity contribution in [2.45, 2.75) is 85.0 Å². The molecular formula is C20H36. The molecule has 0 radical (unpaired) electrons. The number of hydrogen-bond donors (Lipinski definition) is 0. The predicted molar refractivity (Wildman–Crippen MR) is 94.1 cm³/mol. The Morgan fingerprint density at radius 3 is 2.10 bits per heavy atom. The van der Waals surface area contributed by atoms with Crippen LogP contribution in [0.15, 0.2) is 37.0 Å². The summed E-state index contributed by atoms with van der Waals surface area (Å²) in [5, 5.41) is 0. The first-order valence-corrected chi connectivity index (χ1v) is 8.53. The summed E-state index contributed by atoms with van der Waals surface area (Å²) in [5.41, 5.74) is 0.557. The summed E-state index contributed by atoms with van der Waals surface area (Å²) in [4.78, 5) is 0. The van der Waals surface area contributed by atoms with Crippen molar-refractivity contribution in [3.63, 3.8) is 0 Å². The monoisotopic (exact) mass is 276 g/mol. The van der Waals surface area contributed by atoms with Gasteiger partial charge in [0.15, 0.2) is 0 Å². The Morgan fingerprint density at radius 1 is 0.800 bits per heavy atom. The number of hydrogen-bond acceptors (Lipinski definition) is 0. The van der Waals surface area contributed by atoms with Crippen LogP contribution in [0.4, 0.5) is 0 Å². The van der Waals surface area contributed by atoms with Gasteiger partial charge >= 0.3 is 0 Å². The molecule has 20 heavy (non-hydrogen) atoms. The van der Waals surface area contributed by atoms with Gasteiger partial charge in [0.2, 0.25) is 0 Å². The van der Waals surface area contributed by atoms with Gasteiger partial charge in [0.25, 0.3) is 0 Å². The lowest BCUT2D eigenvalue weighted by molar-refractivity contribution is 0.307. The molecule has 0 rings (SSSR count). The smallest absolute Gasteiger partial charge is 0.0169 e. The minimum absolute atomic E-state index is 0.557. The van der Waals surface area contributed by atoms with E-state index >= 15 is 0 Å². The van der Waals surface area contributed by atoms with Crippen LogP contribution in [-0.4, -0.2) is 0 Å². The van der Waals surface area contributed by atoms with Crippen LogP contribution in [0.5, 0.6) is 0 Å². The van der Waals surface area contributed by atoms with E-state index in [1.54, 1.807) is 0 Å². The van der Waals surface area contributed by atoms with Crippen LogP contribution in [0.3, 0.4) is 0 Å². The molecule has 0 saturated carbocycles. The maximum absolute atomic E-state index is 3.70. The van der Waals surface area contributed by atoms with Crippen LogP contribution in [0.2, 0.25) is 0 Å². The van der Waals surface area contributed by atoms with E-state index in [0.717, 1.165) is 12.8 Å². The lowest BCUT2D eigenvalue weighted by Gasteiger charge is -2.22. The summed E-state index contributed by atoms with van der Waals surface area (Å²) in [5.74, 6) is 0. The second kappa shape index (κ2) is 13.2. The molecule has 0 saturated heterocycles. The Morgan fingerprint density at radius 2 is 1.40 bits per heavy atom. The molecule has 0 spiro atoms. The molecule has 0 heteroatoms. The zero-order chi connectivity index (χ0) is 15.1. The quantitative estimate of drug-likeness (QED) is 0.246. The van der Waals surface area contributed by atoms with Crippen molar-refractivity contribution in [1.82, 2.24) is 0 Å². The normalized spacial score (nSPS) is 12.6. The van der Waals surface area contributed by atoms with Crippen molar-refractivity contribution in [3.05, 3.63) is 37.0 Å². The van der Waals surface area contributed by atoms with E-state index in [1.807, 2.05) is 6.08 Å². The van der Waals surface area contributed by atoms with Gasteiger partial charge in [0.1, 0.15) is 0 Å². The Hall–Kier alpha value is -0.780. The first-order valence-electron chi connectivity index (χ1n) is 8.53. The summed E-state index contributed by atoms with van der Waals surface area (Å²) in [6.07, 6.45) is 23.9. The lowest BCUT2D eigenvalue weighted by atomic mass is 9.84. The fourth-order valence-electron chi connectivity index (χ4n) is 2.15. The van der Waals surface area contributed by atoms with E-state index in [1.165, 1.54) is 51.4 Å². The average molecular weight is 277 g/mol. The van der Waals surface area contributed by atoms with Crippen molar-refractivity contribution in [3.8, 4) is 0 Å². The Labute approximate surface area is 128 Å². The lowest BCUT2D eigenvalue weighted by Crippen LogP contribution is -2.08. The second-order valence-electron chi connectivity index (χ2n) is 6.53. The largest absolute Gasteiger partial charge is 0.103 e. The van der Waals surface area contributed by atoms with Gasteiger partial charge in [-0.25, -0.2) is 0 Å². The highest BCUT2D eigenvalue weighted by Crippen LogP contribution is 2.27. The molecule has 0 N–H and O–H groups in total. The molecule has 0 aliphatic carbocycles. The van der Waals surface area contributed by atoms with Gasteiger partial charge in [-0.2, -0.15) is 0 Å². The van der Waals surface area contributed by atoms with Gasteiger partial charge in [-0.3, -0.25) is 0 Å². The van der Waals surface area contributed by atoms with Crippen molar-refractivity contribution in [2.75, 3.05) is 0 Å². The summed E-state index contributed by atoms with van der Waals surface area (Å²) in [6, 6.07) is 0. The summed E-state index contributed by atoms with van der Waals surface area (Å²) >= 11 is 0. The van der Waals surface area contributed by atoms with Crippen molar-refractivity contribution >= 4 is 0 Å². The van der Waals surface area contributed by atoms with Gasteiger partial charge < -0.3 is 0 Å². The van der Waals surface area contributed by atoms with Gasteiger partial charge in [-0.15, -0.1) is 6.58 Å². The Kier molecular flexibility index (Phi) is 12.7. The number of rotatable bonds is 13. The molecule has 0 heterocycles. The van der Waals surface area contributed by atoms with E-state index < -0.39 is 0 Å². The molecule has 0 nitrogen and oxygen atoms in total. The molecule has 0 aliphatic rings. The zero-order valence-corrected chi connectivity index (χ0v) is 14.2. The molecule has 0 aromatic rings. The first-order chi connectivity index (χ1) is 9.62. The molecular weight excluding hydrogens is 240 g/mol. The van der Waals surface area contributed by atoms with Gasteiger partial charge in [-0.05, 0) is 37.5 Å². The second-order valence-corrected chi connectivity index (χ2v) is 6.53. The average Bonchev–Trinajstić information content (AvgIpc) is 2.44. The van der Waals surface area contributed by atoms with Crippen molar-refractivity contribution in [2.24, 2.45) is 5.41 Å². The third-order valence-corrected chi connectivity index (χ3v) is 4.09. The van der Waals surface area contributed by atoms with Crippen molar-refractivity contribution in [1.29, 1.82) is 0 Å². The van der Waals surface area contributed by atoms with Gasteiger partial charge in [-0.1, -0.05) is 83.3 Å². The summed E-state index contributed by atoms with van der Waals surface area (Å²) < 4.78 is 0. The highest BCUT2D eigenvalue weighted by Gasteiger charge is 2.13. The summed E-state index contributed by atoms with van der Waals surface area (Å²) in [6.45, 7) is 10.8. The fraction of sp³-hybridized carbons (Fsp3) is 0.700. The van der Waals surface area contributed by atoms with Crippen LogP contribution in [0.25, 0.3) is 0 Å². The van der Waals surface area contributed by atoms with E-state index in [-0.39, 0.29) is 0 Å². The molecule has 0 aromatic heterocycles.